The van der Waals surface area contributed by atoms with Gasteiger partial charge in [-0.25, -0.2) is 4.98 Å². The molecule has 0 aliphatic rings. The molecule has 2 rings (SSSR count). The first-order valence-corrected chi connectivity index (χ1v) is 4.67. The Kier molecular flexibility index (Phi) is 2.30. The fourth-order valence-corrected chi connectivity index (χ4v) is 1.39. The molecular formula is C9H13N5. The van der Waals surface area contributed by atoms with Crippen LogP contribution >= 0.6 is 0 Å². The van der Waals surface area contributed by atoms with Crippen LogP contribution in [0.2, 0.25) is 0 Å². The average molecular weight is 191 g/mol. The summed E-state index contributed by atoms with van der Waals surface area (Å²) in [5.41, 5.74) is 0.874. The van der Waals surface area contributed by atoms with Crippen molar-refractivity contribution < 1.29 is 0 Å². The van der Waals surface area contributed by atoms with Crippen LogP contribution in [0.5, 0.6) is 0 Å². The van der Waals surface area contributed by atoms with Crippen molar-refractivity contribution in [1.29, 1.82) is 0 Å². The van der Waals surface area contributed by atoms with Gasteiger partial charge < -0.3 is 9.13 Å². The molecule has 2 aromatic rings. The molecule has 0 amide bonds. The highest BCUT2D eigenvalue weighted by Crippen LogP contribution is 2.13. The lowest BCUT2D eigenvalue weighted by atomic mass is 10.4. The Hall–Kier alpha value is -1.65. The van der Waals surface area contributed by atoms with E-state index in [0.717, 1.165) is 24.5 Å². The molecule has 0 N–H and O–H groups in total. The average Bonchev–Trinajstić information content (AvgIpc) is 2.74. The summed E-state index contributed by atoms with van der Waals surface area (Å²) in [6, 6.07) is 0. The normalized spacial score (nSPS) is 10.7. The predicted molar refractivity (Wildman–Crippen MR) is 52.5 cm³/mol. The van der Waals surface area contributed by atoms with E-state index in [0.29, 0.717) is 0 Å². The number of aromatic nitrogens is 5. The Balaban J connectivity index is 2.36. The number of hydrogen-bond donors (Lipinski definition) is 0. The number of rotatable bonds is 3. The van der Waals surface area contributed by atoms with E-state index in [1.165, 1.54) is 0 Å². The van der Waals surface area contributed by atoms with Gasteiger partial charge in [-0.15, -0.1) is 10.2 Å². The molecule has 5 heteroatoms. The second-order valence-corrected chi connectivity index (χ2v) is 3.27. The molecule has 0 saturated heterocycles. The van der Waals surface area contributed by atoms with E-state index in [2.05, 4.69) is 22.1 Å². The van der Waals surface area contributed by atoms with E-state index < -0.39 is 0 Å². The number of aryl methyl sites for hydroxylation is 2. The number of hydrogen-bond acceptors (Lipinski definition) is 3. The van der Waals surface area contributed by atoms with Crippen molar-refractivity contribution in [2.24, 2.45) is 7.05 Å². The number of imidazole rings is 1. The fourth-order valence-electron chi connectivity index (χ4n) is 1.39. The lowest BCUT2D eigenvalue weighted by Crippen LogP contribution is -1.98. The summed E-state index contributed by atoms with van der Waals surface area (Å²) < 4.78 is 3.92. The molecule has 0 aromatic carbocycles. The van der Waals surface area contributed by atoms with Gasteiger partial charge in [0.1, 0.15) is 12.0 Å². The van der Waals surface area contributed by atoms with Crippen LogP contribution in [-0.2, 0) is 13.6 Å². The third-order valence-corrected chi connectivity index (χ3v) is 2.01. The van der Waals surface area contributed by atoms with Crippen molar-refractivity contribution in [3.8, 4) is 11.5 Å². The first-order valence-electron chi connectivity index (χ1n) is 4.67. The molecule has 14 heavy (non-hydrogen) atoms. The summed E-state index contributed by atoms with van der Waals surface area (Å²) in [5.74, 6) is 0.840. The van der Waals surface area contributed by atoms with Crippen LogP contribution < -0.4 is 0 Å². The molecule has 0 aliphatic carbocycles. The second-order valence-electron chi connectivity index (χ2n) is 3.27. The quantitative estimate of drug-likeness (QED) is 0.729. The molecular weight excluding hydrogens is 178 g/mol. The predicted octanol–water partition coefficient (Wildman–Crippen LogP) is 1.09. The van der Waals surface area contributed by atoms with Crippen molar-refractivity contribution in [3.63, 3.8) is 0 Å². The molecule has 0 aliphatic heterocycles. The van der Waals surface area contributed by atoms with E-state index in [4.69, 9.17) is 0 Å². The fraction of sp³-hybridized carbons (Fsp3) is 0.444. The van der Waals surface area contributed by atoms with Crippen molar-refractivity contribution in [1.82, 2.24) is 24.3 Å². The number of nitrogens with zero attached hydrogens (tertiary/aromatic N) is 5. The summed E-state index contributed by atoms with van der Waals surface area (Å²) in [6.45, 7) is 3.06. The molecule has 2 heterocycles. The zero-order valence-corrected chi connectivity index (χ0v) is 8.38. The highest BCUT2D eigenvalue weighted by Gasteiger charge is 2.08. The maximum Gasteiger partial charge on any atom is 0.183 e. The highest BCUT2D eigenvalue weighted by molar-refractivity contribution is 5.47. The minimum absolute atomic E-state index is 0.840. The van der Waals surface area contributed by atoms with Crippen LogP contribution in [0.15, 0.2) is 18.9 Å². The van der Waals surface area contributed by atoms with Gasteiger partial charge in [0.2, 0.25) is 0 Å². The molecule has 0 bridgehead atoms. The lowest BCUT2D eigenvalue weighted by Gasteiger charge is -2.00. The van der Waals surface area contributed by atoms with Gasteiger partial charge in [-0.3, -0.25) is 0 Å². The Morgan fingerprint density at radius 1 is 1.36 bits per heavy atom. The van der Waals surface area contributed by atoms with E-state index >= 15 is 0 Å². The molecule has 0 saturated carbocycles. The van der Waals surface area contributed by atoms with Gasteiger partial charge in [-0.2, -0.15) is 0 Å². The van der Waals surface area contributed by atoms with Crippen molar-refractivity contribution in [2.45, 2.75) is 19.9 Å². The maximum absolute atomic E-state index is 4.24. The van der Waals surface area contributed by atoms with Crippen LogP contribution in [0, 0.1) is 0 Å². The first-order chi connectivity index (χ1) is 6.81. The summed E-state index contributed by atoms with van der Waals surface area (Å²) in [6.07, 6.45) is 6.52. The van der Waals surface area contributed by atoms with E-state index in [1.807, 2.05) is 22.4 Å². The van der Waals surface area contributed by atoms with E-state index in [9.17, 15) is 0 Å². The highest BCUT2D eigenvalue weighted by atomic mass is 15.3. The van der Waals surface area contributed by atoms with Crippen LogP contribution in [0.4, 0.5) is 0 Å². The summed E-state index contributed by atoms with van der Waals surface area (Å²) in [5, 5.41) is 7.95. The summed E-state index contributed by atoms with van der Waals surface area (Å²) >= 11 is 0. The van der Waals surface area contributed by atoms with Crippen molar-refractivity contribution in [2.75, 3.05) is 0 Å². The van der Waals surface area contributed by atoms with Crippen LogP contribution in [-0.4, -0.2) is 24.3 Å². The van der Waals surface area contributed by atoms with Crippen LogP contribution in [0.25, 0.3) is 11.5 Å². The topological polar surface area (TPSA) is 48.5 Å². The maximum atomic E-state index is 4.24. The van der Waals surface area contributed by atoms with Gasteiger partial charge in [0.15, 0.2) is 5.82 Å². The molecule has 74 valence electrons. The van der Waals surface area contributed by atoms with Gasteiger partial charge in [0.05, 0.1) is 6.33 Å². The van der Waals surface area contributed by atoms with Gasteiger partial charge >= 0.3 is 0 Å². The molecule has 0 spiro atoms. The SMILES string of the molecule is CCCn1cnnc1-c1cn(C)cn1. The minimum atomic E-state index is 0.840. The Morgan fingerprint density at radius 2 is 2.21 bits per heavy atom. The van der Waals surface area contributed by atoms with Crippen LogP contribution in [0.1, 0.15) is 13.3 Å². The van der Waals surface area contributed by atoms with Crippen molar-refractivity contribution >= 4 is 0 Å². The van der Waals surface area contributed by atoms with Crippen molar-refractivity contribution in [3.05, 3.63) is 18.9 Å². The first kappa shape index (κ1) is 8.93. The molecule has 2 aromatic heterocycles. The molecule has 0 radical (unpaired) electrons. The molecule has 0 atom stereocenters. The third kappa shape index (κ3) is 1.53. The van der Waals surface area contributed by atoms with E-state index in [1.54, 1.807) is 12.7 Å². The smallest absolute Gasteiger partial charge is 0.183 e. The summed E-state index contributed by atoms with van der Waals surface area (Å²) in [7, 11) is 1.94. The minimum Gasteiger partial charge on any atom is -0.340 e. The molecule has 0 fully saturated rings. The Morgan fingerprint density at radius 3 is 2.86 bits per heavy atom. The largest absolute Gasteiger partial charge is 0.340 e. The van der Waals surface area contributed by atoms with Crippen LogP contribution in [0.3, 0.4) is 0 Å². The zero-order chi connectivity index (χ0) is 9.97. The zero-order valence-electron chi connectivity index (χ0n) is 8.38. The van der Waals surface area contributed by atoms with Gasteiger partial charge in [-0.1, -0.05) is 6.92 Å². The summed E-state index contributed by atoms with van der Waals surface area (Å²) in [4.78, 5) is 4.24. The molecule has 0 unspecified atom stereocenters. The monoisotopic (exact) mass is 191 g/mol. The second kappa shape index (κ2) is 3.61. The third-order valence-electron chi connectivity index (χ3n) is 2.01. The molecule has 5 nitrogen and oxygen atoms in total. The van der Waals surface area contributed by atoms with Gasteiger partial charge in [0.25, 0.3) is 0 Å². The Bertz CT molecular complexity index is 414. The van der Waals surface area contributed by atoms with Gasteiger partial charge in [0, 0.05) is 19.8 Å². The standard InChI is InChI=1S/C9H13N5/c1-3-4-14-7-11-12-9(14)8-5-13(2)6-10-8/h5-7H,3-4H2,1-2H3. The van der Waals surface area contributed by atoms with E-state index in [-0.39, 0.29) is 0 Å². The van der Waals surface area contributed by atoms with Gasteiger partial charge in [-0.05, 0) is 6.42 Å². The lowest BCUT2D eigenvalue weighted by molar-refractivity contribution is 0.681. The Labute approximate surface area is 82.4 Å².